The number of rotatable bonds is 1. The summed E-state index contributed by atoms with van der Waals surface area (Å²) in [6.45, 7) is 2.42. The predicted molar refractivity (Wildman–Crippen MR) is 52.7 cm³/mol. The number of halogens is 1. The number of aryl methyl sites for hydroxylation is 1. The quantitative estimate of drug-likeness (QED) is 0.670. The predicted octanol–water partition coefficient (Wildman–Crippen LogP) is 2.26. The summed E-state index contributed by atoms with van der Waals surface area (Å²) in [6.07, 6.45) is 1.45. The highest BCUT2D eigenvalue weighted by Gasteiger charge is 2.21. The maximum absolute atomic E-state index is 13.2. The van der Waals surface area contributed by atoms with Crippen molar-refractivity contribution < 1.29 is 9.18 Å². The van der Waals surface area contributed by atoms with E-state index in [1.165, 1.54) is 6.07 Å². The Balaban J connectivity index is 2.32. The largest absolute Gasteiger partial charge is 0.312 e. The standard InChI is InChI=1S/C11H12FNO/c1-8-4-5-9(7-10(8)12)13-6-2-3-11(13)14/h4-5,7H,2-3,6H2,1H3. The zero-order chi connectivity index (χ0) is 10.1. The van der Waals surface area contributed by atoms with E-state index >= 15 is 0 Å². The zero-order valence-electron chi connectivity index (χ0n) is 8.09. The monoisotopic (exact) mass is 193 g/mol. The van der Waals surface area contributed by atoms with Crippen LogP contribution in [0.1, 0.15) is 18.4 Å². The maximum Gasteiger partial charge on any atom is 0.227 e. The second-order valence-electron chi connectivity index (χ2n) is 3.58. The van der Waals surface area contributed by atoms with E-state index in [9.17, 15) is 9.18 Å². The SMILES string of the molecule is Cc1ccc(N2CCCC2=O)cc1F. The lowest BCUT2D eigenvalue weighted by atomic mass is 10.2. The van der Waals surface area contributed by atoms with Gasteiger partial charge < -0.3 is 4.90 Å². The molecule has 1 fully saturated rings. The molecule has 0 bridgehead atoms. The lowest BCUT2D eigenvalue weighted by Crippen LogP contribution is -2.23. The Labute approximate surface area is 82.3 Å². The molecule has 0 saturated carbocycles. The van der Waals surface area contributed by atoms with E-state index in [0.717, 1.165) is 6.42 Å². The first-order valence-electron chi connectivity index (χ1n) is 4.75. The first kappa shape index (κ1) is 9.19. The molecule has 3 heteroatoms. The van der Waals surface area contributed by atoms with Gasteiger partial charge in [-0.25, -0.2) is 4.39 Å². The Kier molecular flexibility index (Phi) is 2.23. The highest BCUT2D eigenvalue weighted by molar-refractivity contribution is 5.95. The molecule has 1 aromatic rings. The molecule has 2 rings (SSSR count). The van der Waals surface area contributed by atoms with E-state index in [1.807, 2.05) is 0 Å². The van der Waals surface area contributed by atoms with Crippen LogP contribution in [0.15, 0.2) is 18.2 Å². The van der Waals surface area contributed by atoms with Gasteiger partial charge in [-0.05, 0) is 31.0 Å². The van der Waals surface area contributed by atoms with Crippen LogP contribution in [0.5, 0.6) is 0 Å². The van der Waals surface area contributed by atoms with Crippen molar-refractivity contribution in [2.75, 3.05) is 11.4 Å². The fourth-order valence-electron chi connectivity index (χ4n) is 1.67. The molecule has 0 radical (unpaired) electrons. The highest BCUT2D eigenvalue weighted by Crippen LogP contribution is 2.23. The van der Waals surface area contributed by atoms with Gasteiger partial charge in [-0.15, -0.1) is 0 Å². The summed E-state index contributed by atoms with van der Waals surface area (Å²) in [5.41, 5.74) is 1.29. The van der Waals surface area contributed by atoms with Gasteiger partial charge in [0.25, 0.3) is 0 Å². The average Bonchev–Trinajstić information content (AvgIpc) is 2.57. The van der Waals surface area contributed by atoms with Crippen LogP contribution >= 0.6 is 0 Å². The molecule has 14 heavy (non-hydrogen) atoms. The van der Waals surface area contributed by atoms with Crippen LogP contribution in [0.2, 0.25) is 0 Å². The molecule has 1 aromatic carbocycles. The van der Waals surface area contributed by atoms with E-state index in [2.05, 4.69) is 0 Å². The Morgan fingerprint density at radius 1 is 1.43 bits per heavy atom. The molecule has 0 aliphatic carbocycles. The molecular weight excluding hydrogens is 181 g/mol. The molecule has 1 saturated heterocycles. The van der Waals surface area contributed by atoms with Crippen molar-refractivity contribution in [3.05, 3.63) is 29.6 Å². The molecule has 0 unspecified atom stereocenters. The van der Waals surface area contributed by atoms with Crippen molar-refractivity contribution in [1.29, 1.82) is 0 Å². The number of nitrogens with zero attached hydrogens (tertiary/aromatic N) is 1. The number of amides is 1. The molecule has 2 nitrogen and oxygen atoms in total. The van der Waals surface area contributed by atoms with Crippen molar-refractivity contribution in [2.24, 2.45) is 0 Å². The minimum absolute atomic E-state index is 0.0910. The van der Waals surface area contributed by atoms with Crippen LogP contribution in [-0.4, -0.2) is 12.5 Å². The van der Waals surface area contributed by atoms with Crippen molar-refractivity contribution in [2.45, 2.75) is 19.8 Å². The first-order chi connectivity index (χ1) is 6.68. The van der Waals surface area contributed by atoms with Gasteiger partial charge >= 0.3 is 0 Å². The van der Waals surface area contributed by atoms with E-state index < -0.39 is 0 Å². The third-order valence-corrected chi connectivity index (χ3v) is 2.54. The van der Waals surface area contributed by atoms with E-state index in [-0.39, 0.29) is 11.7 Å². The molecule has 0 spiro atoms. The summed E-state index contributed by atoms with van der Waals surface area (Å²) in [6, 6.07) is 4.93. The topological polar surface area (TPSA) is 20.3 Å². The van der Waals surface area contributed by atoms with Crippen LogP contribution < -0.4 is 4.90 Å². The molecule has 1 aliphatic rings. The van der Waals surface area contributed by atoms with E-state index in [4.69, 9.17) is 0 Å². The Morgan fingerprint density at radius 3 is 2.79 bits per heavy atom. The summed E-state index contributed by atoms with van der Waals surface area (Å²) in [5, 5.41) is 0. The number of anilines is 1. The van der Waals surface area contributed by atoms with Crippen molar-refractivity contribution in [3.63, 3.8) is 0 Å². The summed E-state index contributed by atoms with van der Waals surface area (Å²) < 4.78 is 13.2. The summed E-state index contributed by atoms with van der Waals surface area (Å²) in [4.78, 5) is 13.0. The number of carbonyl (C=O) groups is 1. The van der Waals surface area contributed by atoms with Gasteiger partial charge in [0.1, 0.15) is 5.82 Å². The van der Waals surface area contributed by atoms with Crippen LogP contribution in [0.3, 0.4) is 0 Å². The molecular formula is C11H12FNO. The van der Waals surface area contributed by atoms with Gasteiger partial charge in [0.2, 0.25) is 5.91 Å². The number of carbonyl (C=O) groups excluding carboxylic acids is 1. The van der Waals surface area contributed by atoms with E-state index in [1.54, 1.807) is 24.0 Å². The summed E-state index contributed by atoms with van der Waals surface area (Å²) >= 11 is 0. The summed E-state index contributed by atoms with van der Waals surface area (Å²) in [7, 11) is 0. The van der Waals surface area contributed by atoms with Crippen LogP contribution in [0.4, 0.5) is 10.1 Å². The molecule has 1 aliphatic heterocycles. The highest BCUT2D eigenvalue weighted by atomic mass is 19.1. The molecule has 1 amide bonds. The van der Waals surface area contributed by atoms with Gasteiger partial charge in [-0.3, -0.25) is 4.79 Å². The number of hydrogen-bond donors (Lipinski definition) is 0. The number of benzene rings is 1. The molecule has 0 atom stereocenters. The van der Waals surface area contributed by atoms with Gasteiger partial charge in [0, 0.05) is 18.7 Å². The van der Waals surface area contributed by atoms with Gasteiger partial charge in [-0.2, -0.15) is 0 Å². The average molecular weight is 193 g/mol. The van der Waals surface area contributed by atoms with Gasteiger partial charge in [-0.1, -0.05) is 6.07 Å². The van der Waals surface area contributed by atoms with Crippen LogP contribution in [0.25, 0.3) is 0 Å². The Morgan fingerprint density at radius 2 is 2.21 bits per heavy atom. The first-order valence-corrected chi connectivity index (χ1v) is 4.75. The third-order valence-electron chi connectivity index (χ3n) is 2.54. The smallest absolute Gasteiger partial charge is 0.227 e. The normalized spacial score (nSPS) is 16.4. The molecule has 74 valence electrons. The minimum Gasteiger partial charge on any atom is -0.312 e. The third kappa shape index (κ3) is 1.50. The fourth-order valence-corrected chi connectivity index (χ4v) is 1.67. The second-order valence-corrected chi connectivity index (χ2v) is 3.58. The van der Waals surface area contributed by atoms with Gasteiger partial charge in [0.05, 0.1) is 0 Å². The molecule has 1 heterocycles. The zero-order valence-corrected chi connectivity index (χ0v) is 8.09. The van der Waals surface area contributed by atoms with Crippen LogP contribution in [0, 0.1) is 12.7 Å². The Hall–Kier alpha value is -1.38. The minimum atomic E-state index is -0.248. The van der Waals surface area contributed by atoms with Gasteiger partial charge in [0.15, 0.2) is 0 Å². The fraction of sp³-hybridized carbons (Fsp3) is 0.364. The van der Waals surface area contributed by atoms with Crippen molar-refractivity contribution >= 4 is 11.6 Å². The maximum atomic E-state index is 13.2. The number of hydrogen-bond acceptors (Lipinski definition) is 1. The van der Waals surface area contributed by atoms with E-state index in [0.29, 0.717) is 24.2 Å². The Bertz CT molecular complexity index is 376. The van der Waals surface area contributed by atoms with Crippen molar-refractivity contribution in [1.82, 2.24) is 0 Å². The molecule has 0 aromatic heterocycles. The van der Waals surface area contributed by atoms with Crippen LogP contribution in [-0.2, 0) is 4.79 Å². The summed E-state index contributed by atoms with van der Waals surface area (Å²) in [5.74, 6) is -0.157. The second kappa shape index (κ2) is 3.40. The van der Waals surface area contributed by atoms with Crippen molar-refractivity contribution in [3.8, 4) is 0 Å². The lowest BCUT2D eigenvalue weighted by molar-refractivity contribution is -0.117. The molecule has 0 N–H and O–H groups in total. The lowest BCUT2D eigenvalue weighted by Gasteiger charge is -2.15.